The Bertz CT molecular complexity index is 1110. The Morgan fingerprint density at radius 2 is 1.96 bits per heavy atom. The highest BCUT2D eigenvalue weighted by atomic mass is 19.1. The number of benzene rings is 2. The van der Waals surface area contributed by atoms with Gasteiger partial charge in [-0.3, -0.25) is 14.2 Å². The molecule has 6 heteroatoms. The van der Waals surface area contributed by atoms with E-state index in [-0.39, 0.29) is 17.3 Å². The maximum atomic E-state index is 13.3. The fraction of sp³-hybridized carbons (Fsp3) is 0.227. The molecule has 0 saturated carbocycles. The number of aryl methyl sites for hydroxylation is 1. The second-order valence-corrected chi connectivity index (χ2v) is 6.30. The van der Waals surface area contributed by atoms with Crippen LogP contribution in [-0.2, 0) is 16.0 Å². The number of ether oxygens (including phenoxy) is 1. The summed E-state index contributed by atoms with van der Waals surface area (Å²) in [6.07, 6.45) is 7.47. The van der Waals surface area contributed by atoms with Gasteiger partial charge in [-0.1, -0.05) is 5.92 Å². The van der Waals surface area contributed by atoms with E-state index in [4.69, 9.17) is 6.42 Å². The second-order valence-electron chi connectivity index (χ2n) is 6.30. The van der Waals surface area contributed by atoms with Gasteiger partial charge in [0.25, 0.3) is 5.56 Å². The minimum atomic E-state index is -0.385. The second kappa shape index (κ2) is 8.49. The molecule has 0 saturated heterocycles. The first kappa shape index (κ1) is 19.3. The van der Waals surface area contributed by atoms with Gasteiger partial charge in [-0.15, -0.1) is 6.42 Å². The number of hydrogen-bond donors (Lipinski definition) is 0. The van der Waals surface area contributed by atoms with Crippen molar-refractivity contribution in [2.24, 2.45) is 0 Å². The van der Waals surface area contributed by atoms with Crippen molar-refractivity contribution in [2.45, 2.75) is 25.7 Å². The number of terminal acetylenes is 1. The molecule has 0 bridgehead atoms. The lowest BCUT2D eigenvalue weighted by atomic mass is 10.1. The standard InChI is InChI=1S/C22H19FN2O3/c1-3-15-8-13-18-19(14-15)24-20(6-4-5-7-21(26)28-2)25(22(18)27)17-11-9-16(23)10-12-17/h1,8-14H,4-7H2,2H3. The zero-order valence-corrected chi connectivity index (χ0v) is 15.4. The number of halogens is 1. The van der Waals surface area contributed by atoms with Crippen LogP contribution in [0.4, 0.5) is 4.39 Å². The van der Waals surface area contributed by atoms with E-state index in [0.717, 1.165) is 0 Å². The molecule has 0 fully saturated rings. The van der Waals surface area contributed by atoms with Gasteiger partial charge in [-0.2, -0.15) is 0 Å². The van der Waals surface area contributed by atoms with Crippen molar-refractivity contribution in [3.8, 4) is 18.0 Å². The van der Waals surface area contributed by atoms with Crippen LogP contribution in [0.15, 0.2) is 47.3 Å². The van der Waals surface area contributed by atoms with E-state index in [1.165, 1.54) is 35.9 Å². The van der Waals surface area contributed by atoms with E-state index in [1.54, 1.807) is 18.2 Å². The number of nitrogens with zero attached hydrogens (tertiary/aromatic N) is 2. The van der Waals surface area contributed by atoms with Gasteiger partial charge < -0.3 is 4.74 Å². The van der Waals surface area contributed by atoms with Gasteiger partial charge in [0.15, 0.2) is 0 Å². The third-order valence-corrected chi connectivity index (χ3v) is 4.45. The van der Waals surface area contributed by atoms with Gasteiger partial charge >= 0.3 is 5.97 Å². The summed E-state index contributed by atoms with van der Waals surface area (Å²) in [4.78, 5) is 29.1. The number of unbranched alkanes of at least 4 members (excludes halogenated alkanes) is 1. The summed E-state index contributed by atoms with van der Waals surface area (Å²) in [7, 11) is 1.35. The van der Waals surface area contributed by atoms with Crippen molar-refractivity contribution >= 4 is 16.9 Å². The summed E-state index contributed by atoms with van der Waals surface area (Å²) >= 11 is 0. The largest absolute Gasteiger partial charge is 0.469 e. The maximum absolute atomic E-state index is 13.3. The number of aromatic nitrogens is 2. The SMILES string of the molecule is C#Cc1ccc2c(=O)n(-c3ccc(F)cc3)c(CCCCC(=O)OC)nc2c1. The number of fused-ring (bicyclic) bond motifs is 1. The maximum Gasteiger partial charge on any atom is 0.305 e. The van der Waals surface area contributed by atoms with Gasteiger partial charge in [-0.25, -0.2) is 9.37 Å². The van der Waals surface area contributed by atoms with Gasteiger partial charge in [0.1, 0.15) is 11.6 Å². The molecule has 28 heavy (non-hydrogen) atoms. The molecular formula is C22H19FN2O3. The molecular weight excluding hydrogens is 359 g/mol. The summed E-state index contributed by atoms with van der Waals surface area (Å²) in [6.45, 7) is 0. The number of carbonyl (C=O) groups is 1. The van der Waals surface area contributed by atoms with Crippen molar-refractivity contribution in [3.63, 3.8) is 0 Å². The van der Waals surface area contributed by atoms with Gasteiger partial charge in [0, 0.05) is 18.4 Å². The van der Waals surface area contributed by atoms with Crippen molar-refractivity contribution in [2.75, 3.05) is 7.11 Å². The monoisotopic (exact) mass is 378 g/mol. The minimum Gasteiger partial charge on any atom is -0.469 e. The Labute approximate surface area is 161 Å². The van der Waals surface area contributed by atoms with Crippen molar-refractivity contribution in [1.29, 1.82) is 0 Å². The number of methoxy groups -OCH3 is 1. The quantitative estimate of drug-likeness (QED) is 0.375. The Kier molecular flexibility index (Phi) is 5.85. The highest BCUT2D eigenvalue weighted by Crippen LogP contribution is 2.17. The molecule has 0 amide bonds. The van der Waals surface area contributed by atoms with E-state index in [1.807, 2.05) is 0 Å². The first-order valence-corrected chi connectivity index (χ1v) is 8.88. The number of rotatable bonds is 6. The van der Waals surface area contributed by atoms with Crippen molar-refractivity contribution in [1.82, 2.24) is 9.55 Å². The summed E-state index contributed by atoms with van der Waals surface area (Å²) in [6, 6.07) is 10.7. The van der Waals surface area contributed by atoms with Crippen LogP contribution < -0.4 is 5.56 Å². The van der Waals surface area contributed by atoms with Crippen LogP contribution in [-0.4, -0.2) is 22.6 Å². The van der Waals surface area contributed by atoms with Crippen LogP contribution >= 0.6 is 0 Å². The molecule has 142 valence electrons. The molecule has 5 nitrogen and oxygen atoms in total. The Hall–Kier alpha value is -3.46. The molecule has 1 aromatic heterocycles. The number of carbonyl (C=O) groups excluding carboxylic acids is 1. The molecule has 1 heterocycles. The molecule has 2 aromatic carbocycles. The Morgan fingerprint density at radius 3 is 2.64 bits per heavy atom. The van der Waals surface area contributed by atoms with Gasteiger partial charge in [0.05, 0.1) is 23.7 Å². The van der Waals surface area contributed by atoms with Crippen LogP contribution in [0.1, 0.15) is 30.7 Å². The molecule has 0 aliphatic heterocycles. The van der Waals surface area contributed by atoms with Crippen LogP contribution in [0.3, 0.4) is 0 Å². The predicted octanol–water partition coefficient (Wildman–Crippen LogP) is 3.39. The Balaban J connectivity index is 2.05. The molecule has 0 atom stereocenters. The fourth-order valence-corrected chi connectivity index (χ4v) is 3.00. The molecule has 0 radical (unpaired) electrons. The van der Waals surface area contributed by atoms with E-state index in [0.29, 0.717) is 53.7 Å². The van der Waals surface area contributed by atoms with Crippen molar-refractivity contribution < 1.29 is 13.9 Å². The lowest BCUT2D eigenvalue weighted by Gasteiger charge is -2.14. The third kappa shape index (κ3) is 4.09. The molecule has 0 N–H and O–H groups in total. The zero-order valence-electron chi connectivity index (χ0n) is 15.4. The lowest BCUT2D eigenvalue weighted by molar-refractivity contribution is -0.140. The highest BCUT2D eigenvalue weighted by molar-refractivity contribution is 5.79. The fourth-order valence-electron chi connectivity index (χ4n) is 3.00. The average molecular weight is 378 g/mol. The van der Waals surface area contributed by atoms with Gasteiger partial charge in [0.2, 0.25) is 0 Å². The third-order valence-electron chi connectivity index (χ3n) is 4.45. The molecule has 0 aliphatic carbocycles. The molecule has 3 aromatic rings. The average Bonchev–Trinajstić information content (AvgIpc) is 2.71. The highest BCUT2D eigenvalue weighted by Gasteiger charge is 2.13. The first-order chi connectivity index (χ1) is 13.5. The van der Waals surface area contributed by atoms with E-state index >= 15 is 0 Å². The van der Waals surface area contributed by atoms with Crippen LogP contribution in [0.25, 0.3) is 16.6 Å². The first-order valence-electron chi connectivity index (χ1n) is 8.88. The summed E-state index contributed by atoms with van der Waals surface area (Å²) in [5, 5.41) is 0.432. The molecule has 0 spiro atoms. The Morgan fingerprint density at radius 1 is 1.21 bits per heavy atom. The van der Waals surface area contributed by atoms with E-state index in [2.05, 4.69) is 15.6 Å². The normalized spacial score (nSPS) is 10.6. The zero-order chi connectivity index (χ0) is 20.1. The molecule has 0 aliphatic rings. The number of esters is 1. The van der Waals surface area contributed by atoms with Crippen LogP contribution in [0.2, 0.25) is 0 Å². The lowest BCUT2D eigenvalue weighted by Crippen LogP contribution is -2.24. The smallest absolute Gasteiger partial charge is 0.305 e. The number of hydrogen-bond acceptors (Lipinski definition) is 4. The predicted molar refractivity (Wildman–Crippen MR) is 105 cm³/mol. The van der Waals surface area contributed by atoms with E-state index < -0.39 is 0 Å². The van der Waals surface area contributed by atoms with Crippen molar-refractivity contribution in [3.05, 3.63) is 70.0 Å². The summed E-state index contributed by atoms with van der Waals surface area (Å²) in [5.74, 6) is 2.41. The topological polar surface area (TPSA) is 61.2 Å². The summed E-state index contributed by atoms with van der Waals surface area (Å²) < 4.78 is 19.5. The summed E-state index contributed by atoms with van der Waals surface area (Å²) in [5.41, 5.74) is 1.44. The van der Waals surface area contributed by atoms with Gasteiger partial charge in [-0.05, 0) is 55.3 Å². The van der Waals surface area contributed by atoms with Crippen LogP contribution in [0, 0.1) is 18.2 Å². The van der Waals surface area contributed by atoms with Crippen LogP contribution in [0.5, 0.6) is 0 Å². The minimum absolute atomic E-state index is 0.247. The van der Waals surface area contributed by atoms with E-state index in [9.17, 15) is 14.0 Å². The molecule has 3 rings (SSSR count). The molecule has 0 unspecified atom stereocenters.